The molecule has 22 heavy (non-hydrogen) atoms. The van der Waals surface area contributed by atoms with Gasteiger partial charge in [-0.3, -0.25) is 10.3 Å². The van der Waals surface area contributed by atoms with Gasteiger partial charge in [0, 0.05) is 22.9 Å². The third kappa shape index (κ3) is 3.38. The Morgan fingerprint density at radius 3 is 2.68 bits per heavy atom. The normalized spacial score (nSPS) is 13.7. The molecule has 2 N–H and O–H groups in total. The van der Waals surface area contributed by atoms with E-state index in [0.717, 1.165) is 12.2 Å². The molecule has 3 rings (SSSR count). The second kappa shape index (κ2) is 6.49. The fraction of sp³-hybridized carbons (Fsp3) is 0.125. The number of hydrogen-bond acceptors (Lipinski definition) is 3. The Kier molecular flexibility index (Phi) is 4.25. The number of rotatable bonds is 2. The number of urea groups is 1. The first-order valence-electron chi connectivity index (χ1n) is 6.93. The number of guanidine groups is 1. The summed E-state index contributed by atoms with van der Waals surface area (Å²) < 4.78 is 0. The van der Waals surface area contributed by atoms with E-state index in [1.807, 2.05) is 35.2 Å². The van der Waals surface area contributed by atoms with Crippen LogP contribution in [0.4, 0.5) is 16.2 Å². The summed E-state index contributed by atoms with van der Waals surface area (Å²) in [4.78, 5) is 18.4. The summed E-state index contributed by atoms with van der Waals surface area (Å²) in [5.74, 6) is 0.547. The highest BCUT2D eigenvalue weighted by Crippen LogP contribution is 2.17. The van der Waals surface area contributed by atoms with Crippen LogP contribution in [0.2, 0.25) is 5.02 Å². The minimum atomic E-state index is -0.344. The molecule has 112 valence electrons. The molecule has 0 fully saturated rings. The number of amides is 2. The van der Waals surface area contributed by atoms with Crippen molar-refractivity contribution in [1.82, 2.24) is 5.32 Å². The maximum absolute atomic E-state index is 12.1. The average Bonchev–Trinajstić information content (AvgIpc) is 2.96. The van der Waals surface area contributed by atoms with Crippen LogP contribution in [0.3, 0.4) is 0 Å². The van der Waals surface area contributed by atoms with E-state index in [0.29, 0.717) is 23.2 Å². The molecule has 0 saturated carbocycles. The average molecular weight is 315 g/mol. The Bertz CT molecular complexity index is 702. The summed E-state index contributed by atoms with van der Waals surface area (Å²) in [5.41, 5.74) is 1.64. The smallest absolute Gasteiger partial charge is 0.310 e. The highest BCUT2D eigenvalue weighted by molar-refractivity contribution is 6.30. The van der Waals surface area contributed by atoms with E-state index in [9.17, 15) is 4.79 Å². The first kappa shape index (κ1) is 14.4. The molecule has 0 bridgehead atoms. The molecule has 0 radical (unpaired) electrons. The predicted octanol–water partition coefficient (Wildman–Crippen LogP) is 3.34. The van der Waals surface area contributed by atoms with Gasteiger partial charge in [-0.1, -0.05) is 35.9 Å². The van der Waals surface area contributed by atoms with E-state index in [-0.39, 0.29) is 6.03 Å². The minimum Gasteiger partial charge on any atom is -0.310 e. The lowest BCUT2D eigenvalue weighted by Crippen LogP contribution is -2.43. The van der Waals surface area contributed by atoms with Gasteiger partial charge in [0.2, 0.25) is 5.96 Å². The number of benzene rings is 2. The summed E-state index contributed by atoms with van der Waals surface area (Å²) in [5, 5.41) is 6.09. The second-order valence-corrected chi connectivity index (χ2v) is 5.22. The number of para-hydroxylation sites is 1. The Morgan fingerprint density at radius 2 is 1.91 bits per heavy atom. The summed E-state index contributed by atoms with van der Waals surface area (Å²) in [7, 11) is 0. The third-order valence-corrected chi connectivity index (χ3v) is 3.45. The van der Waals surface area contributed by atoms with Crippen molar-refractivity contribution in [3.8, 4) is 0 Å². The third-order valence-electron chi connectivity index (χ3n) is 3.22. The quantitative estimate of drug-likeness (QED) is 0.893. The molecule has 2 amide bonds. The van der Waals surface area contributed by atoms with Crippen molar-refractivity contribution in [3.05, 3.63) is 59.6 Å². The van der Waals surface area contributed by atoms with Crippen molar-refractivity contribution in [2.45, 2.75) is 0 Å². The molecular weight excluding hydrogens is 300 g/mol. The molecule has 0 atom stereocenters. The molecule has 1 heterocycles. The topological polar surface area (TPSA) is 56.7 Å². The first-order chi connectivity index (χ1) is 10.7. The molecule has 0 aromatic heterocycles. The molecule has 0 aliphatic carbocycles. The molecule has 5 nitrogen and oxygen atoms in total. The van der Waals surface area contributed by atoms with Gasteiger partial charge in [-0.05, 0) is 30.3 Å². The van der Waals surface area contributed by atoms with Gasteiger partial charge in [0.05, 0.1) is 6.54 Å². The van der Waals surface area contributed by atoms with Crippen molar-refractivity contribution >= 4 is 35.0 Å². The number of nitrogens with zero attached hydrogens (tertiary/aromatic N) is 2. The Balaban J connectivity index is 1.66. The Morgan fingerprint density at radius 1 is 1.09 bits per heavy atom. The molecule has 1 aliphatic rings. The molecule has 2 aromatic rings. The number of hydrogen-bond donors (Lipinski definition) is 2. The molecule has 6 heteroatoms. The Labute approximate surface area is 133 Å². The van der Waals surface area contributed by atoms with Gasteiger partial charge in [-0.15, -0.1) is 0 Å². The zero-order chi connectivity index (χ0) is 15.4. The maximum atomic E-state index is 12.1. The number of anilines is 2. The molecule has 0 unspecified atom stereocenters. The van der Waals surface area contributed by atoms with Gasteiger partial charge < -0.3 is 10.2 Å². The lowest BCUT2D eigenvalue weighted by molar-refractivity contribution is 0.256. The van der Waals surface area contributed by atoms with Crippen molar-refractivity contribution in [2.24, 2.45) is 4.99 Å². The van der Waals surface area contributed by atoms with E-state index in [4.69, 9.17) is 11.6 Å². The van der Waals surface area contributed by atoms with Crippen LogP contribution in [0.25, 0.3) is 0 Å². The molecule has 0 saturated heterocycles. The SMILES string of the molecule is O=C(NC1=NCCN1c1ccccc1)Nc1cccc(Cl)c1. The number of nitrogens with one attached hydrogen (secondary N) is 2. The van der Waals surface area contributed by atoms with E-state index in [1.54, 1.807) is 24.3 Å². The van der Waals surface area contributed by atoms with Crippen molar-refractivity contribution < 1.29 is 4.79 Å². The monoisotopic (exact) mass is 314 g/mol. The van der Waals surface area contributed by atoms with E-state index < -0.39 is 0 Å². The fourth-order valence-corrected chi connectivity index (χ4v) is 2.43. The lowest BCUT2D eigenvalue weighted by atomic mass is 10.3. The van der Waals surface area contributed by atoms with Crippen LogP contribution in [-0.2, 0) is 0 Å². The van der Waals surface area contributed by atoms with Crippen LogP contribution >= 0.6 is 11.6 Å². The zero-order valence-electron chi connectivity index (χ0n) is 11.8. The van der Waals surface area contributed by atoms with Crippen molar-refractivity contribution in [2.75, 3.05) is 23.3 Å². The van der Waals surface area contributed by atoms with Gasteiger partial charge in [-0.2, -0.15) is 0 Å². The minimum absolute atomic E-state index is 0.344. The van der Waals surface area contributed by atoms with Gasteiger partial charge in [-0.25, -0.2) is 4.79 Å². The Hall–Kier alpha value is -2.53. The molecule has 2 aromatic carbocycles. The highest BCUT2D eigenvalue weighted by Gasteiger charge is 2.20. The molecule has 1 aliphatic heterocycles. The van der Waals surface area contributed by atoms with E-state index in [2.05, 4.69) is 15.6 Å². The largest absolute Gasteiger partial charge is 0.326 e. The molecule has 0 spiro atoms. The van der Waals surface area contributed by atoms with E-state index in [1.165, 1.54) is 0 Å². The number of carbonyl (C=O) groups excluding carboxylic acids is 1. The van der Waals surface area contributed by atoms with Crippen molar-refractivity contribution in [3.63, 3.8) is 0 Å². The summed E-state index contributed by atoms with van der Waals surface area (Å²) >= 11 is 5.90. The maximum Gasteiger partial charge on any atom is 0.326 e. The van der Waals surface area contributed by atoms with Crippen LogP contribution in [0.1, 0.15) is 0 Å². The summed E-state index contributed by atoms with van der Waals surface area (Å²) in [6.45, 7) is 1.40. The van der Waals surface area contributed by atoms with E-state index >= 15 is 0 Å². The standard InChI is InChI=1S/C16H15ClN4O/c17-12-5-4-6-13(11-12)19-16(22)20-15-18-9-10-21(15)14-7-2-1-3-8-14/h1-8,11H,9-10H2,(H2,18,19,20,22). The zero-order valence-corrected chi connectivity index (χ0v) is 12.5. The number of aliphatic imine (C=N–C) groups is 1. The molecular formula is C16H15ClN4O. The second-order valence-electron chi connectivity index (χ2n) is 4.78. The summed E-state index contributed by atoms with van der Waals surface area (Å²) in [6, 6.07) is 16.5. The van der Waals surface area contributed by atoms with Gasteiger partial charge in [0.25, 0.3) is 0 Å². The van der Waals surface area contributed by atoms with Crippen LogP contribution in [-0.4, -0.2) is 25.1 Å². The number of carbonyl (C=O) groups is 1. The van der Waals surface area contributed by atoms with Crippen molar-refractivity contribution in [1.29, 1.82) is 0 Å². The summed E-state index contributed by atoms with van der Waals surface area (Å²) in [6.07, 6.45) is 0. The highest BCUT2D eigenvalue weighted by atomic mass is 35.5. The van der Waals surface area contributed by atoms with Crippen LogP contribution in [0, 0.1) is 0 Å². The van der Waals surface area contributed by atoms with Crippen LogP contribution < -0.4 is 15.5 Å². The fourth-order valence-electron chi connectivity index (χ4n) is 2.24. The van der Waals surface area contributed by atoms with Crippen LogP contribution in [0.5, 0.6) is 0 Å². The van der Waals surface area contributed by atoms with Gasteiger partial charge in [0.15, 0.2) is 0 Å². The predicted molar refractivity (Wildman–Crippen MR) is 89.7 cm³/mol. The first-order valence-corrected chi connectivity index (χ1v) is 7.31. The van der Waals surface area contributed by atoms with Gasteiger partial charge >= 0.3 is 6.03 Å². The number of halogens is 1. The van der Waals surface area contributed by atoms with Crippen LogP contribution in [0.15, 0.2) is 59.6 Å². The van der Waals surface area contributed by atoms with Gasteiger partial charge in [0.1, 0.15) is 0 Å². The lowest BCUT2D eigenvalue weighted by Gasteiger charge is -2.20.